The molecule has 0 spiro atoms. The van der Waals surface area contributed by atoms with Gasteiger partial charge in [-0.1, -0.05) is 33.1 Å². The van der Waals surface area contributed by atoms with E-state index >= 15 is 0 Å². The molecule has 0 atom stereocenters. The van der Waals surface area contributed by atoms with E-state index in [4.69, 9.17) is 0 Å². The largest absolute Gasteiger partial charge is 0.300 e. The molecule has 1 fully saturated rings. The first kappa shape index (κ1) is 10.7. The molecular formula is C12H22O. The fourth-order valence-corrected chi connectivity index (χ4v) is 2.18. The van der Waals surface area contributed by atoms with Crippen LogP contribution in [0.2, 0.25) is 0 Å². The molecule has 0 aromatic rings. The Morgan fingerprint density at radius 3 is 2.38 bits per heavy atom. The number of carbonyl (C=O) groups is 1. The molecule has 76 valence electrons. The third kappa shape index (κ3) is 3.50. The first-order chi connectivity index (χ1) is 6.16. The second kappa shape index (κ2) is 4.78. The summed E-state index contributed by atoms with van der Waals surface area (Å²) in [4.78, 5) is 11.1. The van der Waals surface area contributed by atoms with Gasteiger partial charge in [0.25, 0.3) is 0 Å². The van der Waals surface area contributed by atoms with Gasteiger partial charge in [0.1, 0.15) is 5.78 Å². The lowest BCUT2D eigenvalue weighted by atomic mass is 9.72. The molecular weight excluding hydrogens is 160 g/mol. The molecule has 1 aliphatic rings. The van der Waals surface area contributed by atoms with E-state index in [1.807, 2.05) is 0 Å². The van der Waals surface area contributed by atoms with Crippen LogP contribution in [0.25, 0.3) is 0 Å². The summed E-state index contributed by atoms with van der Waals surface area (Å²) in [5, 5.41) is 0. The van der Waals surface area contributed by atoms with Crippen LogP contribution in [0.1, 0.15) is 65.2 Å². The molecule has 0 saturated heterocycles. The van der Waals surface area contributed by atoms with E-state index in [1.165, 1.54) is 25.7 Å². The van der Waals surface area contributed by atoms with E-state index in [0.717, 1.165) is 25.7 Å². The van der Waals surface area contributed by atoms with E-state index in [0.29, 0.717) is 11.2 Å². The quantitative estimate of drug-likeness (QED) is 0.606. The maximum absolute atomic E-state index is 11.1. The molecule has 0 heterocycles. The standard InChI is InChI=1S/C12H22O/c1-3-4-5-8-12(2)9-6-11(13)7-10-12/h3-10H2,1-2H3. The average Bonchev–Trinajstić information content (AvgIpc) is 2.12. The minimum atomic E-state index is 0.480. The van der Waals surface area contributed by atoms with Crippen LogP contribution in [-0.4, -0.2) is 5.78 Å². The molecule has 13 heavy (non-hydrogen) atoms. The molecule has 0 aromatic carbocycles. The molecule has 0 aliphatic heterocycles. The lowest BCUT2D eigenvalue weighted by molar-refractivity contribution is -0.122. The van der Waals surface area contributed by atoms with Gasteiger partial charge >= 0.3 is 0 Å². The summed E-state index contributed by atoms with van der Waals surface area (Å²) in [5.74, 6) is 0.480. The van der Waals surface area contributed by atoms with Crippen molar-refractivity contribution in [2.75, 3.05) is 0 Å². The number of unbranched alkanes of at least 4 members (excludes halogenated alkanes) is 2. The van der Waals surface area contributed by atoms with E-state index in [-0.39, 0.29) is 0 Å². The second-order valence-corrected chi connectivity index (χ2v) is 4.81. The van der Waals surface area contributed by atoms with Gasteiger partial charge in [-0.3, -0.25) is 4.79 Å². The summed E-state index contributed by atoms with van der Waals surface area (Å²) in [6.07, 6.45) is 9.27. The molecule has 1 saturated carbocycles. The van der Waals surface area contributed by atoms with Crippen molar-refractivity contribution in [3.63, 3.8) is 0 Å². The molecule has 1 aliphatic carbocycles. The fourth-order valence-electron chi connectivity index (χ4n) is 2.18. The highest BCUT2D eigenvalue weighted by molar-refractivity contribution is 5.79. The Bertz CT molecular complexity index is 162. The summed E-state index contributed by atoms with van der Waals surface area (Å²) in [7, 11) is 0. The van der Waals surface area contributed by atoms with E-state index in [9.17, 15) is 4.79 Å². The van der Waals surface area contributed by atoms with Crippen molar-refractivity contribution in [2.24, 2.45) is 5.41 Å². The summed E-state index contributed by atoms with van der Waals surface area (Å²) < 4.78 is 0. The molecule has 0 aromatic heterocycles. The van der Waals surface area contributed by atoms with Gasteiger partial charge in [0, 0.05) is 12.8 Å². The van der Waals surface area contributed by atoms with E-state index < -0.39 is 0 Å². The fraction of sp³-hybridized carbons (Fsp3) is 0.917. The monoisotopic (exact) mass is 182 g/mol. The molecule has 0 amide bonds. The third-order valence-corrected chi connectivity index (χ3v) is 3.40. The predicted molar refractivity (Wildman–Crippen MR) is 55.7 cm³/mol. The van der Waals surface area contributed by atoms with Crippen molar-refractivity contribution in [1.29, 1.82) is 0 Å². The lowest BCUT2D eigenvalue weighted by Gasteiger charge is -2.33. The number of ketones is 1. The first-order valence-electron chi connectivity index (χ1n) is 5.68. The normalized spacial score (nSPS) is 21.8. The zero-order valence-corrected chi connectivity index (χ0v) is 9.07. The van der Waals surface area contributed by atoms with Crippen molar-refractivity contribution in [3.05, 3.63) is 0 Å². The maximum atomic E-state index is 11.1. The van der Waals surface area contributed by atoms with Crippen molar-refractivity contribution in [3.8, 4) is 0 Å². The summed E-state index contributed by atoms with van der Waals surface area (Å²) in [5.41, 5.74) is 0.489. The van der Waals surface area contributed by atoms with Gasteiger partial charge in [0.15, 0.2) is 0 Å². The Hall–Kier alpha value is -0.330. The molecule has 0 radical (unpaired) electrons. The Morgan fingerprint density at radius 2 is 1.85 bits per heavy atom. The van der Waals surface area contributed by atoms with E-state index in [2.05, 4.69) is 13.8 Å². The van der Waals surface area contributed by atoms with Crippen molar-refractivity contribution in [2.45, 2.75) is 65.2 Å². The Labute approximate surface area is 81.9 Å². The van der Waals surface area contributed by atoms with Gasteiger partial charge in [0.2, 0.25) is 0 Å². The van der Waals surface area contributed by atoms with Gasteiger partial charge in [-0.2, -0.15) is 0 Å². The van der Waals surface area contributed by atoms with Gasteiger partial charge in [0.05, 0.1) is 0 Å². The Kier molecular flexibility index (Phi) is 3.95. The third-order valence-electron chi connectivity index (χ3n) is 3.40. The number of carbonyl (C=O) groups excluding carboxylic acids is 1. The van der Waals surface area contributed by atoms with E-state index in [1.54, 1.807) is 0 Å². The molecule has 1 heteroatoms. The number of rotatable bonds is 4. The first-order valence-corrected chi connectivity index (χ1v) is 5.68. The van der Waals surface area contributed by atoms with Crippen molar-refractivity contribution < 1.29 is 4.79 Å². The molecule has 0 N–H and O–H groups in total. The van der Waals surface area contributed by atoms with Crippen LogP contribution in [0.15, 0.2) is 0 Å². The highest BCUT2D eigenvalue weighted by Gasteiger charge is 2.29. The topological polar surface area (TPSA) is 17.1 Å². The van der Waals surface area contributed by atoms with Gasteiger partial charge < -0.3 is 0 Å². The highest BCUT2D eigenvalue weighted by Crippen LogP contribution is 2.38. The summed E-state index contributed by atoms with van der Waals surface area (Å²) in [6, 6.07) is 0. The molecule has 0 bridgehead atoms. The van der Waals surface area contributed by atoms with Crippen LogP contribution in [0.5, 0.6) is 0 Å². The number of hydrogen-bond donors (Lipinski definition) is 0. The Balaban J connectivity index is 2.26. The highest BCUT2D eigenvalue weighted by atomic mass is 16.1. The predicted octanol–water partition coefficient (Wildman–Crippen LogP) is 3.72. The van der Waals surface area contributed by atoms with Crippen LogP contribution in [0.3, 0.4) is 0 Å². The van der Waals surface area contributed by atoms with Crippen LogP contribution < -0.4 is 0 Å². The molecule has 0 unspecified atom stereocenters. The Morgan fingerprint density at radius 1 is 1.23 bits per heavy atom. The van der Waals surface area contributed by atoms with Crippen molar-refractivity contribution >= 4 is 5.78 Å². The van der Waals surface area contributed by atoms with Crippen LogP contribution >= 0.6 is 0 Å². The lowest BCUT2D eigenvalue weighted by Crippen LogP contribution is -2.24. The van der Waals surface area contributed by atoms with Crippen LogP contribution in [0.4, 0.5) is 0 Å². The van der Waals surface area contributed by atoms with Crippen molar-refractivity contribution in [1.82, 2.24) is 0 Å². The second-order valence-electron chi connectivity index (χ2n) is 4.81. The zero-order chi connectivity index (χ0) is 9.73. The van der Waals surface area contributed by atoms with Gasteiger partial charge in [-0.05, 0) is 24.7 Å². The number of Topliss-reactive ketones (excluding diaryl/α,β-unsaturated/α-hetero) is 1. The van der Waals surface area contributed by atoms with Crippen LogP contribution in [-0.2, 0) is 4.79 Å². The summed E-state index contributed by atoms with van der Waals surface area (Å²) >= 11 is 0. The average molecular weight is 182 g/mol. The zero-order valence-electron chi connectivity index (χ0n) is 9.07. The maximum Gasteiger partial charge on any atom is 0.132 e. The molecule has 1 rings (SSSR count). The van der Waals surface area contributed by atoms with Gasteiger partial charge in [-0.25, -0.2) is 0 Å². The van der Waals surface area contributed by atoms with Gasteiger partial charge in [-0.15, -0.1) is 0 Å². The minimum Gasteiger partial charge on any atom is -0.300 e. The SMILES string of the molecule is CCCCCC1(C)CCC(=O)CC1. The summed E-state index contributed by atoms with van der Waals surface area (Å²) in [6.45, 7) is 4.60. The smallest absolute Gasteiger partial charge is 0.132 e. The molecule has 1 nitrogen and oxygen atoms in total. The van der Waals surface area contributed by atoms with Crippen LogP contribution in [0, 0.1) is 5.41 Å². The minimum absolute atomic E-state index is 0.480. The number of hydrogen-bond acceptors (Lipinski definition) is 1.